The predicted molar refractivity (Wildman–Crippen MR) is 74.3 cm³/mol. The van der Waals surface area contributed by atoms with E-state index in [-0.39, 0.29) is 30.8 Å². The molecule has 2 N–H and O–H groups in total. The van der Waals surface area contributed by atoms with Crippen LogP contribution in [-0.4, -0.2) is 49.2 Å². The molecule has 0 aromatic carbocycles. The Kier molecular flexibility index (Phi) is 4.97. The van der Waals surface area contributed by atoms with Crippen molar-refractivity contribution in [3.05, 3.63) is 22.4 Å². The van der Waals surface area contributed by atoms with Crippen molar-refractivity contribution in [1.82, 2.24) is 4.31 Å². The van der Waals surface area contributed by atoms with E-state index in [1.165, 1.54) is 15.6 Å². The zero-order valence-corrected chi connectivity index (χ0v) is 12.2. The van der Waals surface area contributed by atoms with Crippen LogP contribution in [0.25, 0.3) is 0 Å². The summed E-state index contributed by atoms with van der Waals surface area (Å²) in [5.74, 6) is -0.00261. The smallest absolute Gasteiger partial charge is 0.218 e. The first-order chi connectivity index (χ1) is 9.06. The molecule has 1 fully saturated rings. The molecule has 0 saturated carbocycles. The molecule has 5 nitrogen and oxygen atoms in total. The third-order valence-electron chi connectivity index (χ3n) is 3.60. The zero-order valence-electron chi connectivity index (χ0n) is 10.6. The van der Waals surface area contributed by atoms with Gasteiger partial charge in [0.1, 0.15) is 0 Å². The van der Waals surface area contributed by atoms with Gasteiger partial charge >= 0.3 is 0 Å². The molecule has 2 atom stereocenters. The lowest BCUT2D eigenvalue weighted by atomic mass is 9.94. The van der Waals surface area contributed by atoms with Crippen molar-refractivity contribution >= 4 is 21.4 Å². The molecule has 0 spiro atoms. The molecular weight excluding hydrogens is 286 g/mol. The number of rotatable bonds is 6. The van der Waals surface area contributed by atoms with Crippen LogP contribution in [0, 0.1) is 11.8 Å². The Morgan fingerprint density at radius 1 is 1.32 bits per heavy atom. The van der Waals surface area contributed by atoms with E-state index < -0.39 is 10.0 Å². The van der Waals surface area contributed by atoms with Crippen LogP contribution in [0.15, 0.2) is 16.8 Å². The summed E-state index contributed by atoms with van der Waals surface area (Å²) in [4.78, 5) is 0. The molecule has 7 heteroatoms. The minimum Gasteiger partial charge on any atom is -0.396 e. The van der Waals surface area contributed by atoms with E-state index in [1.807, 2.05) is 16.8 Å². The number of thiophene rings is 1. The molecule has 2 unspecified atom stereocenters. The Balaban J connectivity index is 2.05. The highest BCUT2D eigenvalue weighted by Gasteiger charge is 2.37. The highest BCUT2D eigenvalue weighted by molar-refractivity contribution is 7.88. The third kappa shape index (κ3) is 3.55. The molecule has 1 aromatic heterocycles. The number of aliphatic hydroxyl groups excluding tert-OH is 2. The van der Waals surface area contributed by atoms with Gasteiger partial charge < -0.3 is 10.2 Å². The third-order valence-corrected chi connectivity index (χ3v) is 6.12. The van der Waals surface area contributed by atoms with Gasteiger partial charge in [-0.25, -0.2) is 12.7 Å². The van der Waals surface area contributed by atoms with E-state index in [4.69, 9.17) is 5.11 Å². The number of hydrogen-bond donors (Lipinski definition) is 2. The van der Waals surface area contributed by atoms with Gasteiger partial charge in [0.15, 0.2) is 0 Å². The summed E-state index contributed by atoms with van der Waals surface area (Å²) in [6.07, 6.45) is 0.537. The van der Waals surface area contributed by atoms with Gasteiger partial charge in [-0.05, 0) is 40.6 Å². The van der Waals surface area contributed by atoms with E-state index >= 15 is 0 Å². The van der Waals surface area contributed by atoms with Crippen LogP contribution in [0.2, 0.25) is 0 Å². The average molecular weight is 305 g/mol. The molecule has 19 heavy (non-hydrogen) atoms. The van der Waals surface area contributed by atoms with Gasteiger partial charge in [0.25, 0.3) is 0 Å². The lowest BCUT2D eigenvalue weighted by Crippen LogP contribution is -2.30. The van der Waals surface area contributed by atoms with Crippen LogP contribution in [0.1, 0.15) is 12.0 Å². The van der Waals surface area contributed by atoms with Gasteiger partial charge in [-0.2, -0.15) is 11.3 Å². The molecule has 0 bridgehead atoms. The first-order valence-corrected chi connectivity index (χ1v) is 8.82. The SMILES string of the molecule is O=S(=O)(Cc1ccsc1)N1CC(CO)C(CCO)C1. The number of nitrogens with zero attached hydrogens (tertiary/aromatic N) is 1. The minimum atomic E-state index is -3.33. The number of sulfonamides is 1. The Morgan fingerprint density at radius 3 is 2.63 bits per heavy atom. The summed E-state index contributed by atoms with van der Waals surface area (Å²) in [5, 5.41) is 22.0. The van der Waals surface area contributed by atoms with E-state index in [0.717, 1.165) is 5.56 Å². The van der Waals surface area contributed by atoms with Crippen molar-refractivity contribution in [2.24, 2.45) is 11.8 Å². The maximum atomic E-state index is 12.3. The van der Waals surface area contributed by atoms with Crippen molar-refractivity contribution < 1.29 is 18.6 Å². The number of aliphatic hydroxyl groups is 2. The molecule has 0 amide bonds. The minimum absolute atomic E-state index is 0.0144. The van der Waals surface area contributed by atoms with Crippen LogP contribution in [0.4, 0.5) is 0 Å². The van der Waals surface area contributed by atoms with E-state index in [2.05, 4.69) is 0 Å². The van der Waals surface area contributed by atoms with E-state index in [9.17, 15) is 13.5 Å². The van der Waals surface area contributed by atoms with Gasteiger partial charge in [0.05, 0.1) is 5.75 Å². The monoisotopic (exact) mass is 305 g/mol. The summed E-state index contributed by atoms with van der Waals surface area (Å²) >= 11 is 1.48. The summed E-state index contributed by atoms with van der Waals surface area (Å²) in [6.45, 7) is 0.751. The van der Waals surface area contributed by atoms with Gasteiger partial charge in [-0.3, -0.25) is 0 Å². The predicted octanol–water partition coefficient (Wildman–Crippen LogP) is 0.501. The zero-order chi connectivity index (χ0) is 13.9. The second kappa shape index (κ2) is 6.32. The lowest BCUT2D eigenvalue weighted by Gasteiger charge is -2.15. The van der Waals surface area contributed by atoms with Crippen LogP contribution >= 0.6 is 11.3 Å². The molecule has 1 aliphatic rings. The van der Waals surface area contributed by atoms with Gasteiger partial charge in [-0.1, -0.05) is 0 Å². The molecule has 2 heterocycles. The van der Waals surface area contributed by atoms with Crippen molar-refractivity contribution in [2.45, 2.75) is 12.2 Å². The highest BCUT2D eigenvalue weighted by Crippen LogP contribution is 2.29. The maximum Gasteiger partial charge on any atom is 0.218 e. The van der Waals surface area contributed by atoms with Crippen molar-refractivity contribution in [3.63, 3.8) is 0 Å². The summed E-state index contributed by atoms with van der Waals surface area (Å²) < 4.78 is 26.0. The molecular formula is C12H19NO4S2. The lowest BCUT2D eigenvalue weighted by molar-refractivity contribution is 0.179. The van der Waals surface area contributed by atoms with Gasteiger partial charge in [0.2, 0.25) is 10.0 Å². The second-order valence-electron chi connectivity index (χ2n) is 4.92. The molecule has 0 aliphatic carbocycles. The molecule has 1 saturated heterocycles. The standard InChI is InChI=1S/C12H19NO4S2/c14-3-1-11-5-13(6-12(11)7-15)19(16,17)9-10-2-4-18-8-10/h2,4,8,11-12,14-15H,1,3,5-7,9H2. The first-order valence-electron chi connectivity index (χ1n) is 6.27. The topological polar surface area (TPSA) is 77.8 Å². The fourth-order valence-electron chi connectivity index (χ4n) is 2.50. The largest absolute Gasteiger partial charge is 0.396 e. The van der Waals surface area contributed by atoms with Crippen LogP contribution in [-0.2, 0) is 15.8 Å². The fourth-order valence-corrected chi connectivity index (χ4v) is 4.89. The quantitative estimate of drug-likeness (QED) is 0.802. The maximum absolute atomic E-state index is 12.3. The normalized spacial score (nSPS) is 24.9. The van der Waals surface area contributed by atoms with Crippen molar-refractivity contribution in [1.29, 1.82) is 0 Å². The Morgan fingerprint density at radius 2 is 2.05 bits per heavy atom. The van der Waals surface area contributed by atoms with E-state index in [1.54, 1.807) is 0 Å². The Labute approximate surface area is 117 Å². The van der Waals surface area contributed by atoms with Crippen LogP contribution < -0.4 is 0 Å². The van der Waals surface area contributed by atoms with Gasteiger partial charge in [-0.15, -0.1) is 0 Å². The fraction of sp³-hybridized carbons (Fsp3) is 0.667. The molecule has 108 valence electrons. The molecule has 2 rings (SSSR count). The second-order valence-corrected chi connectivity index (χ2v) is 7.67. The summed E-state index contributed by atoms with van der Waals surface area (Å²) in [6, 6.07) is 1.81. The van der Waals surface area contributed by atoms with Crippen molar-refractivity contribution in [2.75, 3.05) is 26.3 Å². The number of hydrogen-bond acceptors (Lipinski definition) is 5. The van der Waals surface area contributed by atoms with Gasteiger partial charge in [0, 0.05) is 26.3 Å². The Hall–Kier alpha value is -0.470. The first kappa shape index (κ1) is 14.9. The van der Waals surface area contributed by atoms with E-state index in [0.29, 0.717) is 19.5 Å². The molecule has 1 aromatic rings. The Bertz CT molecular complexity index is 486. The average Bonchev–Trinajstić information content (AvgIpc) is 2.98. The summed E-state index contributed by atoms with van der Waals surface area (Å²) in [7, 11) is -3.33. The van der Waals surface area contributed by atoms with Crippen LogP contribution in [0.3, 0.4) is 0 Å². The molecule has 1 aliphatic heterocycles. The summed E-state index contributed by atoms with van der Waals surface area (Å²) in [5.41, 5.74) is 0.802. The van der Waals surface area contributed by atoms with Crippen LogP contribution in [0.5, 0.6) is 0 Å². The molecule has 0 radical (unpaired) electrons. The highest BCUT2D eigenvalue weighted by atomic mass is 32.2. The van der Waals surface area contributed by atoms with Crippen molar-refractivity contribution in [3.8, 4) is 0 Å².